The van der Waals surface area contributed by atoms with E-state index in [0.717, 1.165) is 33.5 Å². The third-order valence-electron chi connectivity index (χ3n) is 13.9. The fourth-order valence-electron chi connectivity index (χ4n) is 11.0. The van der Waals surface area contributed by atoms with Gasteiger partial charge in [0.2, 0.25) is 0 Å². The van der Waals surface area contributed by atoms with Crippen LogP contribution in [0.15, 0.2) is 240 Å². The van der Waals surface area contributed by atoms with E-state index in [1.165, 1.54) is 75.8 Å². The number of nitrogens with zero attached hydrogens (tertiary/aromatic N) is 4. The summed E-state index contributed by atoms with van der Waals surface area (Å²) in [6, 6.07) is 83.3. The molecule has 3 heterocycles. The summed E-state index contributed by atoms with van der Waals surface area (Å²) >= 11 is 1.91. The third kappa shape index (κ3) is 5.65. The number of rotatable bonds is 5. The standard InChI is InChI=1S/C62H38N4S/c1-3-16-39(17-4-1)40-30-32-43(33-31-40)60-63-59(42-19-5-2-6-20-42)64-61(65-60)44-21-15-22-45(38-44)66-54-37-36-53-58(56(54)49-35-34-41-18-7-8-23-46(41)57(49)66)67-55-29-14-13-28-52(55)62(53)50-26-11-9-24-47(50)48-25-10-12-27-51(48)62/h1-38H. The lowest BCUT2D eigenvalue weighted by Gasteiger charge is -2.40. The maximum Gasteiger partial charge on any atom is 0.164 e. The maximum absolute atomic E-state index is 5.22. The minimum absolute atomic E-state index is 0.474. The first kappa shape index (κ1) is 37.9. The molecule has 0 unspecified atom stereocenters. The van der Waals surface area contributed by atoms with Gasteiger partial charge in [-0.3, -0.25) is 0 Å². The zero-order chi connectivity index (χ0) is 44.1. The molecule has 0 saturated heterocycles. The van der Waals surface area contributed by atoms with E-state index in [1.807, 2.05) is 36.0 Å². The van der Waals surface area contributed by atoms with Gasteiger partial charge in [0.05, 0.1) is 16.4 Å². The van der Waals surface area contributed by atoms with Gasteiger partial charge in [0, 0.05) is 48.3 Å². The van der Waals surface area contributed by atoms with E-state index in [1.54, 1.807) is 0 Å². The molecule has 312 valence electrons. The van der Waals surface area contributed by atoms with E-state index in [-0.39, 0.29) is 0 Å². The molecule has 0 N–H and O–H groups in total. The highest BCUT2D eigenvalue weighted by molar-refractivity contribution is 7.99. The van der Waals surface area contributed by atoms with Gasteiger partial charge in [0.15, 0.2) is 17.5 Å². The zero-order valence-electron chi connectivity index (χ0n) is 36.1. The zero-order valence-corrected chi connectivity index (χ0v) is 37.0. The van der Waals surface area contributed by atoms with Crippen molar-refractivity contribution in [2.45, 2.75) is 15.2 Å². The number of hydrogen-bond acceptors (Lipinski definition) is 4. The van der Waals surface area contributed by atoms with Crippen LogP contribution in [0.4, 0.5) is 0 Å². The summed E-state index contributed by atoms with van der Waals surface area (Å²) in [5, 5.41) is 4.89. The first-order valence-electron chi connectivity index (χ1n) is 22.8. The van der Waals surface area contributed by atoms with Crippen molar-refractivity contribution in [2.75, 3.05) is 0 Å². The Morgan fingerprint density at radius 1 is 0.373 bits per heavy atom. The molecule has 5 heteroatoms. The van der Waals surface area contributed by atoms with E-state index in [4.69, 9.17) is 15.0 Å². The lowest BCUT2D eigenvalue weighted by Crippen LogP contribution is -2.32. The van der Waals surface area contributed by atoms with Crippen LogP contribution in [-0.2, 0) is 5.41 Å². The highest BCUT2D eigenvalue weighted by Crippen LogP contribution is 2.63. The van der Waals surface area contributed by atoms with Gasteiger partial charge in [-0.15, -0.1) is 0 Å². The normalized spacial score (nSPS) is 13.1. The van der Waals surface area contributed by atoms with E-state index in [0.29, 0.717) is 17.5 Å². The van der Waals surface area contributed by atoms with E-state index in [2.05, 4.69) is 211 Å². The second kappa shape index (κ2) is 14.8. The van der Waals surface area contributed by atoms with Gasteiger partial charge in [-0.2, -0.15) is 0 Å². The summed E-state index contributed by atoms with van der Waals surface area (Å²) in [5.41, 5.74) is 15.9. The molecular formula is C62H38N4S. The lowest BCUT2D eigenvalue weighted by atomic mass is 9.67. The van der Waals surface area contributed by atoms with Gasteiger partial charge in [0.1, 0.15) is 0 Å². The van der Waals surface area contributed by atoms with Gasteiger partial charge >= 0.3 is 0 Å². The molecule has 10 aromatic carbocycles. The van der Waals surface area contributed by atoms with Gasteiger partial charge in [-0.25, -0.2) is 15.0 Å². The van der Waals surface area contributed by atoms with Gasteiger partial charge in [-0.1, -0.05) is 218 Å². The van der Waals surface area contributed by atoms with Crippen molar-refractivity contribution in [2.24, 2.45) is 0 Å². The Bertz CT molecular complexity index is 3900. The molecule has 0 amide bonds. The molecule has 0 atom stereocenters. The summed E-state index contributed by atoms with van der Waals surface area (Å²) in [7, 11) is 0. The third-order valence-corrected chi connectivity index (χ3v) is 15.1. The molecule has 2 aliphatic rings. The van der Waals surface area contributed by atoms with Crippen LogP contribution in [0.2, 0.25) is 0 Å². The quantitative estimate of drug-likeness (QED) is 0.173. The molecule has 1 aliphatic carbocycles. The molecule has 0 bridgehead atoms. The number of aromatic nitrogens is 4. The first-order valence-corrected chi connectivity index (χ1v) is 23.6. The topological polar surface area (TPSA) is 43.6 Å². The molecule has 2 aromatic heterocycles. The Labute approximate surface area is 391 Å². The van der Waals surface area contributed by atoms with Crippen LogP contribution in [-0.4, -0.2) is 19.5 Å². The van der Waals surface area contributed by atoms with Crippen LogP contribution in [0.1, 0.15) is 22.3 Å². The van der Waals surface area contributed by atoms with Gasteiger partial charge in [0.25, 0.3) is 0 Å². The van der Waals surface area contributed by atoms with Crippen LogP contribution in [0.3, 0.4) is 0 Å². The summed E-state index contributed by atoms with van der Waals surface area (Å²) < 4.78 is 2.48. The SMILES string of the molecule is c1ccc(-c2ccc(-c3nc(-c4ccccc4)nc(-c4cccc(-n5c6ccc7c(c6c6ccc8ccccc8c65)Sc5ccccc5C75c6ccccc6-c6ccccc65)c4)n3)cc2)cc1. The van der Waals surface area contributed by atoms with Crippen LogP contribution in [0, 0.1) is 0 Å². The van der Waals surface area contributed by atoms with Crippen molar-refractivity contribution in [3.05, 3.63) is 253 Å². The molecular weight excluding hydrogens is 833 g/mol. The highest BCUT2D eigenvalue weighted by atomic mass is 32.2. The van der Waals surface area contributed by atoms with Crippen molar-refractivity contribution in [3.8, 4) is 62.1 Å². The molecule has 1 spiro atoms. The molecule has 67 heavy (non-hydrogen) atoms. The smallest absolute Gasteiger partial charge is 0.164 e. The van der Waals surface area contributed by atoms with Crippen molar-refractivity contribution in [3.63, 3.8) is 0 Å². The van der Waals surface area contributed by atoms with Crippen molar-refractivity contribution >= 4 is 44.3 Å². The highest BCUT2D eigenvalue weighted by Gasteiger charge is 2.50. The van der Waals surface area contributed by atoms with E-state index >= 15 is 0 Å². The monoisotopic (exact) mass is 870 g/mol. The second-order valence-electron chi connectivity index (χ2n) is 17.5. The van der Waals surface area contributed by atoms with Crippen molar-refractivity contribution < 1.29 is 0 Å². The van der Waals surface area contributed by atoms with Crippen LogP contribution >= 0.6 is 11.8 Å². The maximum atomic E-state index is 5.22. The number of hydrogen-bond donors (Lipinski definition) is 0. The molecule has 1 aliphatic heterocycles. The summed E-state index contributed by atoms with van der Waals surface area (Å²) in [6.07, 6.45) is 0. The summed E-state index contributed by atoms with van der Waals surface area (Å²) in [5.74, 6) is 1.88. The molecule has 0 saturated carbocycles. The Kier molecular flexibility index (Phi) is 8.40. The number of benzene rings is 10. The summed E-state index contributed by atoms with van der Waals surface area (Å²) in [4.78, 5) is 18.1. The molecule has 14 rings (SSSR count). The van der Waals surface area contributed by atoms with Crippen molar-refractivity contribution in [1.82, 2.24) is 19.5 Å². The molecule has 0 fully saturated rings. The largest absolute Gasteiger partial charge is 0.309 e. The van der Waals surface area contributed by atoms with Crippen LogP contribution in [0.5, 0.6) is 0 Å². The number of fused-ring (bicyclic) bond motifs is 15. The summed E-state index contributed by atoms with van der Waals surface area (Å²) in [6.45, 7) is 0. The van der Waals surface area contributed by atoms with E-state index < -0.39 is 5.41 Å². The minimum atomic E-state index is -0.474. The second-order valence-corrected chi connectivity index (χ2v) is 18.5. The fourth-order valence-corrected chi connectivity index (χ4v) is 12.4. The Balaban J connectivity index is 1.00. The molecule has 4 nitrogen and oxygen atoms in total. The first-order chi connectivity index (χ1) is 33.2. The van der Waals surface area contributed by atoms with E-state index in [9.17, 15) is 0 Å². The van der Waals surface area contributed by atoms with Crippen LogP contribution in [0.25, 0.3) is 94.7 Å². The Hall–Kier alpha value is -8.38. The van der Waals surface area contributed by atoms with Gasteiger partial charge < -0.3 is 4.57 Å². The van der Waals surface area contributed by atoms with Crippen molar-refractivity contribution in [1.29, 1.82) is 0 Å². The average Bonchev–Trinajstić information content (AvgIpc) is 3.91. The Morgan fingerprint density at radius 3 is 1.66 bits per heavy atom. The lowest BCUT2D eigenvalue weighted by molar-refractivity contribution is 0.726. The van der Waals surface area contributed by atoms with Gasteiger partial charge in [-0.05, 0) is 74.2 Å². The molecule has 0 radical (unpaired) electrons. The fraction of sp³-hybridized carbons (Fsp3) is 0.0161. The predicted octanol–water partition coefficient (Wildman–Crippen LogP) is 15.6. The Morgan fingerprint density at radius 2 is 0.925 bits per heavy atom. The molecule has 12 aromatic rings. The minimum Gasteiger partial charge on any atom is -0.309 e. The van der Waals surface area contributed by atoms with Crippen LogP contribution < -0.4 is 0 Å². The predicted molar refractivity (Wildman–Crippen MR) is 275 cm³/mol. The average molecular weight is 871 g/mol.